The highest BCUT2D eigenvalue weighted by Gasteiger charge is 2.40. The largest absolute Gasteiger partial charge is 0.460 e. The molecule has 1 saturated heterocycles. The SMILES string of the molecule is C=C(C)C[C@H]1C[C@@H]([C@H](CC2CCCCC2)NC(=O)OC(C)(C)C)OC1=O. The summed E-state index contributed by atoms with van der Waals surface area (Å²) in [6.07, 6.45) is 7.57. The van der Waals surface area contributed by atoms with Crippen LogP contribution in [0.2, 0.25) is 0 Å². The highest BCUT2D eigenvalue weighted by Crippen LogP contribution is 2.33. The maximum Gasteiger partial charge on any atom is 0.408 e. The standard InChI is InChI=1S/C21H35NO4/c1-14(2)11-16-13-18(25-19(16)23)17(12-15-9-7-6-8-10-15)22-20(24)26-21(3,4)5/h15-18H,1,6-13H2,2-5H3,(H,22,24)/t16-,17-,18-/m0/s1. The van der Waals surface area contributed by atoms with Crippen molar-refractivity contribution in [2.75, 3.05) is 0 Å². The molecule has 0 aromatic carbocycles. The molecular weight excluding hydrogens is 330 g/mol. The summed E-state index contributed by atoms with van der Waals surface area (Å²) in [4.78, 5) is 24.5. The zero-order chi connectivity index (χ0) is 19.3. The summed E-state index contributed by atoms with van der Waals surface area (Å²) in [6.45, 7) is 11.4. The average Bonchev–Trinajstić information content (AvgIpc) is 2.86. The fourth-order valence-corrected chi connectivity index (χ4v) is 4.05. The highest BCUT2D eigenvalue weighted by molar-refractivity contribution is 5.75. The molecule has 2 rings (SSSR count). The lowest BCUT2D eigenvalue weighted by Gasteiger charge is -2.30. The highest BCUT2D eigenvalue weighted by atomic mass is 16.6. The van der Waals surface area contributed by atoms with Gasteiger partial charge in [0.25, 0.3) is 0 Å². The van der Waals surface area contributed by atoms with Gasteiger partial charge in [-0.1, -0.05) is 37.7 Å². The smallest absolute Gasteiger partial charge is 0.408 e. The van der Waals surface area contributed by atoms with Gasteiger partial charge in [-0.15, -0.1) is 6.58 Å². The molecule has 3 atom stereocenters. The molecule has 1 aliphatic carbocycles. The van der Waals surface area contributed by atoms with Gasteiger partial charge in [0.2, 0.25) is 0 Å². The fourth-order valence-electron chi connectivity index (χ4n) is 4.05. The number of hydrogen-bond donors (Lipinski definition) is 1. The number of esters is 1. The van der Waals surface area contributed by atoms with Gasteiger partial charge in [0, 0.05) is 0 Å². The molecule has 5 heteroatoms. The van der Waals surface area contributed by atoms with E-state index < -0.39 is 11.7 Å². The van der Waals surface area contributed by atoms with Crippen LogP contribution in [0.4, 0.5) is 4.79 Å². The van der Waals surface area contributed by atoms with Gasteiger partial charge in [0.1, 0.15) is 11.7 Å². The first kappa shape index (κ1) is 20.8. The summed E-state index contributed by atoms with van der Waals surface area (Å²) in [5, 5.41) is 3.00. The predicted molar refractivity (Wildman–Crippen MR) is 102 cm³/mol. The van der Waals surface area contributed by atoms with Crippen LogP contribution in [-0.4, -0.2) is 29.8 Å². The second-order valence-corrected chi connectivity index (χ2v) is 9.06. The summed E-state index contributed by atoms with van der Waals surface area (Å²) in [5.74, 6) is 0.256. The van der Waals surface area contributed by atoms with Gasteiger partial charge < -0.3 is 14.8 Å². The van der Waals surface area contributed by atoms with Gasteiger partial charge in [-0.05, 0) is 52.9 Å². The van der Waals surface area contributed by atoms with E-state index in [1.54, 1.807) is 0 Å². The van der Waals surface area contributed by atoms with Crippen molar-refractivity contribution in [2.24, 2.45) is 11.8 Å². The number of ether oxygens (including phenoxy) is 2. The number of hydrogen-bond acceptors (Lipinski definition) is 4. The minimum atomic E-state index is -0.547. The molecule has 0 aromatic rings. The van der Waals surface area contributed by atoms with Crippen LogP contribution >= 0.6 is 0 Å². The molecule has 2 aliphatic rings. The number of allylic oxidation sites excluding steroid dienone is 1. The minimum absolute atomic E-state index is 0.146. The van der Waals surface area contributed by atoms with Crippen molar-refractivity contribution in [3.8, 4) is 0 Å². The number of rotatable bonds is 6. The van der Waals surface area contributed by atoms with Crippen molar-refractivity contribution in [3.63, 3.8) is 0 Å². The van der Waals surface area contributed by atoms with Crippen LogP contribution < -0.4 is 5.32 Å². The Kier molecular flexibility index (Phi) is 7.13. The van der Waals surface area contributed by atoms with E-state index in [2.05, 4.69) is 11.9 Å². The minimum Gasteiger partial charge on any atom is -0.460 e. The second kappa shape index (κ2) is 8.92. The number of cyclic esters (lactones) is 1. The fraction of sp³-hybridized carbons (Fsp3) is 0.810. The maximum atomic E-state index is 12.3. The van der Waals surface area contributed by atoms with Crippen molar-refractivity contribution >= 4 is 12.1 Å². The monoisotopic (exact) mass is 365 g/mol. The van der Waals surface area contributed by atoms with Crippen LogP contribution in [0.5, 0.6) is 0 Å². The Morgan fingerprint density at radius 2 is 1.96 bits per heavy atom. The van der Waals surface area contributed by atoms with Gasteiger partial charge in [0.15, 0.2) is 0 Å². The molecular formula is C21H35NO4. The van der Waals surface area contributed by atoms with Gasteiger partial charge in [-0.25, -0.2) is 4.79 Å². The lowest BCUT2D eigenvalue weighted by molar-refractivity contribution is -0.145. The van der Waals surface area contributed by atoms with Crippen molar-refractivity contribution < 1.29 is 19.1 Å². The van der Waals surface area contributed by atoms with Gasteiger partial charge in [-0.2, -0.15) is 0 Å². The molecule has 1 saturated carbocycles. The molecule has 1 heterocycles. The summed E-state index contributed by atoms with van der Waals surface area (Å²) in [6, 6.07) is -0.188. The van der Waals surface area contributed by atoms with Crippen molar-refractivity contribution in [1.82, 2.24) is 5.32 Å². The van der Waals surface area contributed by atoms with E-state index in [1.165, 1.54) is 32.1 Å². The van der Waals surface area contributed by atoms with Gasteiger partial charge in [-0.3, -0.25) is 4.79 Å². The van der Waals surface area contributed by atoms with Crippen LogP contribution in [0.3, 0.4) is 0 Å². The Morgan fingerprint density at radius 1 is 1.31 bits per heavy atom. The Hall–Kier alpha value is -1.52. The molecule has 0 unspecified atom stereocenters. The Bertz CT molecular complexity index is 517. The quantitative estimate of drug-likeness (QED) is 0.545. The van der Waals surface area contributed by atoms with Crippen LogP contribution in [0, 0.1) is 11.8 Å². The predicted octanol–water partition coefficient (Wildman–Crippen LogP) is 4.75. The summed E-state index contributed by atoms with van der Waals surface area (Å²) < 4.78 is 11.1. The normalized spacial score (nSPS) is 25.5. The van der Waals surface area contributed by atoms with Gasteiger partial charge in [0.05, 0.1) is 12.0 Å². The van der Waals surface area contributed by atoms with E-state index in [0.717, 1.165) is 12.0 Å². The van der Waals surface area contributed by atoms with Crippen molar-refractivity contribution in [2.45, 2.75) is 96.8 Å². The molecule has 0 aromatic heterocycles. The number of carbonyl (C=O) groups is 2. The van der Waals surface area contributed by atoms with Crippen LogP contribution in [-0.2, 0) is 14.3 Å². The first-order chi connectivity index (χ1) is 12.1. The molecule has 5 nitrogen and oxygen atoms in total. The molecule has 0 bridgehead atoms. The molecule has 1 amide bonds. The van der Waals surface area contributed by atoms with E-state index in [4.69, 9.17) is 9.47 Å². The third kappa shape index (κ3) is 6.65. The zero-order valence-electron chi connectivity index (χ0n) is 16.8. The molecule has 0 radical (unpaired) electrons. The van der Waals surface area contributed by atoms with Crippen molar-refractivity contribution in [3.05, 3.63) is 12.2 Å². The molecule has 1 aliphatic heterocycles. The lowest BCUT2D eigenvalue weighted by Crippen LogP contribution is -2.46. The number of nitrogens with one attached hydrogen (secondary N) is 1. The maximum absolute atomic E-state index is 12.3. The Labute approximate surface area is 157 Å². The summed E-state index contributed by atoms with van der Waals surface area (Å²) in [5.41, 5.74) is 0.436. The number of carbonyl (C=O) groups excluding carboxylic acids is 2. The summed E-state index contributed by atoms with van der Waals surface area (Å²) >= 11 is 0. The van der Waals surface area contributed by atoms with E-state index >= 15 is 0 Å². The van der Waals surface area contributed by atoms with E-state index in [9.17, 15) is 9.59 Å². The Balaban J connectivity index is 2.03. The molecule has 1 N–H and O–H groups in total. The molecule has 26 heavy (non-hydrogen) atoms. The van der Waals surface area contributed by atoms with E-state index in [-0.39, 0.29) is 24.0 Å². The topological polar surface area (TPSA) is 64.6 Å². The van der Waals surface area contributed by atoms with Gasteiger partial charge >= 0.3 is 12.1 Å². The zero-order valence-corrected chi connectivity index (χ0v) is 16.8. The van der Waals surface area contributed by atoms with Crippen molar-refractivity contribution in [1.29, 1.82) is 0 Å². The first-order valence-electron chi connectivity index (χ1n) is 9.98. The number of alkyl carbamates (subject to hydrolysis) is 1. The second-order valence-electron chi connectivity index (χ2n) is 9.06. The Morgan fingerprint density at radius 3 is 2.54 bits per heavy atom. The third-order valence-corrected chi connectivity index (χ3v) is 5.18. The van der Waals surface area contributed by atoms with Crippen LogP contribution in [0.1, 0.15) is 79.1 Å². The van der Waals surface area contributed by atoms with E-state index in [0.29, 0.717) is 18.8 Å². The van der Waals surface area contributed by atoms with Crippen LogP contribution in [0.15, 0.2) is 12.2 Å². The molecule has 2 fully saturated rings. The number of amides is 1. The van der Waals surface area contributed by atoms with Crippen LogP contribution in [0.25, 0.3) is 0 Å². The van der Waals surface area contributed by atoms with E-state index in [1.807, 2.05) is 27.7 Å². The summed E-state index contributed by atoms with van der Waals surface area (Å²) in [7, 11) is 0. The first-order valence-corrected chi connectivity index (χ1v) is 9.98. The third-order valence-electron chi connectivity index (χ3n) is 5.18. The molecule has 148 valence electrons. The average molecular weight is 366 g/mol. The lowest BCUT2D eigenvalue weighted by atomic mass is 9.82. The molecule has 0 spiro atoms.